The van der Waals surface area contributed by atoms with Crippen molar-refractivity contribution < 1.29 is 0 Å². The molecule has 2 rings (SSSR count). The molecule has 2 heteroatoms. The summed E-state index contributed by atoms with van der Waals surface area (Å²) in [5, 5.41) is 1.20. The van der Waals surface area contributed by atoms with Gasteiger partial charge in [0.15, 0.2) is 0 Å². The molecule has 0 saturated heterocycles. The molecular formula is C9H11NS. The lowest BCUT2D eigenvalue weighted by Crippen LogP contribution is -2.01. The molecule has 11 heavy (non-hydrogen) atoms. The van der Waals surface area contributed by atoms with Crippen LogP contribution < -0.4 is 0 Å². The summed E-state index contributed by atoms with van der Waals surface area (Å²) in [6.45, 7) is 6.08. The fourth-order valence-electron chi connectivity index (χ4n) is 1.46. The molecule has 0 aliphatic heterocycles. The smallest absolute Gasteiger partial charge is 0.0900 e. The van der Waals surface area contributed by atoms with E-state index in [9.17, 15) is 0 Å². The van der Waals surface area contributed by atoms with E-state index in [-0.39, 0.29) is 0 Å². The second kappa shape index (κ2) is 2.45. The number of aryl methyl sites for hydroxylation is 2. The minimum Gasteiger partial charge on any atom is -0.246 e. The van der Waals surface area contributed by atoms with Crippen molar-refractivity contribution in [1.29, 1.82) is 0 Å². The molecule has 0 unspecified atom stereocenters. The van der Waals surface area contributed by atoms with Gasteiger partial charge in [0, 0.05) is 11.3 Å². The van der Waals surface area contributed by atoms with E-state index < -0.39 is 0 Å². The number of fused-ring (bicyclic) bond motifs is 1. The molecule has 0 aromatic carbocycles. The highest BCUT2D eigenvalue weighted by Crippen LogP contribution is 2.28. The molecular weight excluding hydrogens is 154 g/mol. The summed E-state index contributed by atoms with van der Waals surface area (Å²) < 4.78 is 0. The first-order valence-corrected chi connectivity index (χ1v) is 4.69. The Morgan fingerprint density at radius 2 is 2.27 bits per heavy atom. The van der Waals surface area contributed by atoms with Gasteiger partial charge in [0.2, 0.25) is 0 Å². The fraction of sp³-hybridized carbons (Fsp3) is 0.444. The zero-order valence-electron chi connectivity index (χ0n) is 6.68. The van der Waals surface area contributed by atoms with Crippen LogP contribution in [-0.2, 0) is 12.8 Å². The molecule has 0 atom stereocenters. The van der Waals surface area contributed by atoms with Gasteiger partial charge < -0.3 is 0 Å². The number of rotatable bonds is 0. The molecule has 1 heterocycles. The number of hydrogen-bond donors (Lipinski definition) is 0. The molecule has 0 radical (unpaired) electrons. The Morgan fingerprint density at radius 3 is 3.09 bits per heavy atom. The summed E-state index contributed by atoms with van der Waals surface area (Å²) in [5.41, 5.74) is 2.68. The second-order valence-corrected chi connectivity index (χ2v) is 4.32. The van der Waals surface area contributed by atoms with E-state index in [0.717, 1.165) is 19.3 Å². The van der Waals surface area contributed by atoms with Gasteiger partial charge in [-0.3, -0.25) is 0 Å². The highest BCUT2D eigenvalue weighted by Gasteiger charge is 2.15. The molecule has 1 aliphatic rings. The van der Waals surface area contributed by atoms with Crippen molar-refractivity contribution in [2.24, 2.45) is 0 Å². The molecule has 0 fully saturated rings. The van der Waals surface area contributed by atoms with Gasteiger partial charge in [-0.15, -0.1) is 11.3 Å². The summed E-state index contributed by atoms with van der Waals surface area (Å²) in [4.78, 5) is 5.91. The zero-order valence-corrected chi connectivity index (χ0v) is 7.50. The highest BCUT2D eigenvalue weighted by atomic mass is 32.1. The number of hydrogen-bond acceptors (Lipinski definition) is 2. The SMILES string of the molecule is C=C1CCc2nc(C)sc2C1. The summed E-state index contributed by atoms with van der Waals surface area (Å²) in [6.07, 6.45) is 3.32. The predicted molar refractivity (Wildman–Crippen MR) is 48.0 cm³/mol. The van der Waals surface area contributed by atoms with Crippen molar-refractivity contribution in [3.05, 3.63) is 27.7 Å². The normalized spacial score (nSPS) is 16.6. The van der Waals surface area contributed by atoms with Crippen molar-refractivity contribution in [3.8, 4) is 0 Å². The van der Waals surface area contributed by atoms with Gasteiger partial charge in [-0.05, 0) is 19.8 Å². The third-order valence-corrected chi connectivity index (χ3v) is 3.02. The Hall–Kier alpha value is -0.630. The van der Waals surface area contributed by atoms with Gasteiger partial charge in [-0.1, -0.05) is 12.2 Å². The lowest BCUT2D eigenvalue weighted by molar-refractivity contribution is 0.825. The topological polar surface area (TPSA) is 12.9 Å². The molecule has 1 nitrogen and oxygen atoms in total. The quantitative estimate of drug-likeness (QED) is 0.538. The fourth-order valence-corrected chi connectivity index (χ4v) is 2.51. The molecule has 1 aromatic heterocycles. The van der Waals surface area contributed by atoms with E-state index in [1.54, 1.807) is 0 Å². The van der Waals surface area contributed by atoms with Gasteiger partial charge >= 0.3 is 0 Å². The Labute approximate surface area is 70.8 Å². The van der Waals surface area contributed by atoms with E-state index in [1.165, 1.54) is 21.2 Å². The number of allylic oxidation sites excluding steroid dienone is 1. The Kier molecular flexibility index (Phi) is 1.57. The van der Waals surface area contributed by atoms with Crippen molar-refractivity contribution in [3.63, 3.8) is 0 Å². The van der Waals surface area contributed by atoms with E-state index in [0.29, 0.717) is 0 Å². The monoisotopic (exact) mass is 165 g/mol. The Morgan fingerprint density at radius 1 is 1.45 bits per heavy atom. The summed E-state index contributed by atoms with van der Waals surface area (Å²) in [5.74, 6) is 0. The van der Waals surface area contributed by atoms with E-state index in [2.05, 4.69) is 18.5 Å². The standard InChI is InChI=1S/C9H11NS/c1-6-3-4-8-9(5-6)11-7(2)10-8/h1,3-5H2,2H3. The largest absolute Gasteiger partial charge is 0.246 e. The van der Waals surface area contributed by atoms with Crippen molar-refractivity contribution in [2.75, 3.05) is 0 Å². The average Bonchev–Trinajstić information content (AvgIpc) is 2.27. The summed E-state index contributed by atoms with van der Waals surface area (Å²) in [7, 11) is 0. The third-order valence-electron chi connectivity index (χ3n) is 2.01. The molecule has 1 aromatic rings. The molecule has 0 saturated carbocycles. The zero-order chi connectivity index (χ0) is 7.84. The number of nitrogens with zero attached hydrogens (tertiary/aromatic N) is 1. The molecule has 1 aliphatic carbocycles. The molecule has 0 N–H and O–H groups in total. The maximum atomic E-state index is 4.46. The minimum absolute atomic E-state index is 1.07. The average molecular weight is 165 g/mol. The van der Waals surface area contributed by atoms with Crippen LogP contribution in [0.3, 0.4) is 0 Å². The first kappa shape index (κ1) is 7.04. The van der Waals surface area contributed by atoms with E-state index in [4.69, 9.17) is 0 Å². The van der Waals surface area contributed by atoms with Gasteiger partial charge in [0.1, 0.15) is 0 Å². The van der Waals surface area contributed by atoms with E-state index in [1.807, 2.05) is 11.3 Å². The predicted octanol–water partition coefficient (Wildman–Crippen LogP) is 2.50. The minimum atomic E-state index is 1.07. The van der Waals surface area contributed by atoms with Gasteiger partial charge in [0.05, 0.1) is 10.7 Å². The Bertz CT molecular complexity index is 299. The van der Waals surface area contributed by atoms with Gasteiger partial charge in [0.25, 0.3) is 0 Å². The summed E-state index contributed by atoms with van der Waals surface area (Å²) in [6, 6.07) is 0. The van der Waals surface area contributed by atoms with Crippen LogP contribution in [0.15, 0.2) is 12.2 Å². The molecule has 58 valence electrons. The van der Waals surface area contributed by atoms with Crippen LogP contribution in [-0.4, -0.2) is 4.98 Å². The van der Waals surface area contributed by atoms with Crippen LogP contribution in [0.25, 0.3) is 0 Å². The van der Waals surface area contributed by atoms with Crippen LogP contribution in [0, 0.1) is 6.92 Å². The lowest BCUT2D eigenvalue weighted by Gasteiger charge is -2.10. The summed E-state index contributed by atoms with van der Waals surface area (Å²) >= 11 is 1.82. The first-order chi connectivity index (χ1) is 5.25. The van der Waals surface area contributed by atoms with Gasteiger partial charge in [-0.25, -0.2) is 4.98 Å². The highest BCUT2D eigenvalue weighted by molar-refractivity contribution is 7.11. The third kappa shape index (κ3) is 1.23. The van der Waals surface area contributed by atoms with Crippen LogP contribution in [0.1, 0.15) is 22.0 Å². The van der Waals surface area contributed by atoms with Crippen molar-refractivity contribution in [1.82, 2.24) is 4.98 Å². The van der Waals surface area contributed by atoms with Crippen LogP contribution in [0.4, 0.5) is 0 Å². The maximum absolute atomic E-state index is 4.46. The number of thiazole rings is 1. The van der Waals surface area contributed by atoms with Crippen LogP contribution >= 0.6 is 11.3 Å². The van der Waals surface area contributed by atoms with Gasteiger partial charge in [-0.2, -0.15) is 0 Å². The van der Waals surface area contributed by atoms with Crippen molar-refractivity contribution in [2.45, 2.75) is 26.2 Å². The van der Waals surface area contributed by atoms with E-state index >= 15 is 0 Å². The second-order valence-electron chi connectivity index (χ2n) is 3.03. The maximum Gasteiger partial charge on any atom is 0.0900 e. The van der Waals surface area contributed by atoms with Crippen molar-refractivity contribution >= 4 is 11.3 Å². The molecule has 0 amide bonds. The lowest BCUT2D eigenvalue weighted by atomic mass is 9.99. The molecule has 0 bridgehead atoms. The first-order valence-electron chi connectivity index (χ1n) is 3.87. The Balaban J connectivity index is 2.41. The number of aromatic nitrogens is 1. The van der Waals surface area contributed by atoms with Crippen LogP contribution in [0.2, 0.25) is 0 Å². The van der Waals surface area contributed by atoms with Crippen LogP contribution in [0.5, 0.6) is 0 Å². The molecule has 0 spiro atoms.